The summed E-state index contributed by atoms with van der Waals surface area (Å²) in [6, 6.07) is 7.65. The molecule has 3 rings (SSSR count). The van der Waals surface area contributed by atoms with E-state index in [4.69, 9.17) is 4.74 Å². The minimum absolute atomic E-state index is 0.0878. The normalized spacial score (nSPS) is 10.8. The molecular formula is C16H11BrFN3O3. The van der Waals surface area contributed by atoms with Crippen LogP contribution in [0.4, 0.5) is 4.39 Å². The summed E-state index contributed by atoms with van der Waals surface area (Å²) in [4.78, 5) is 27.8. The number of carbonyl (C=O) groups excluding carboxylic acids is 1. The van der Waals surface area contributed by atoms with Crippen molar-refractivity contribution in [1.82, 2.24) is 14.8 Å². The van der Waals surface area contributed by atoms with Crippen molar-refractivity contribution in [3.8, 4) is 5.88 Å². The van der Waals surface area contributed by atoms with Crippen LogP contribution in [0.25, 0.3) is 10.9 Å². The number of fused-ring (bicyclic) bond motifs is 1. The Bertz CT molecular complexity index is 1000. The minimum atomic E-state index is -0.588. The number of carbonyl (C=O) groups is 1. The zero-order valence-corrected chi connectivity index (χ0v) is 14.1. The Morgan fingerprint density at radius 3 is 2.88 bits per heavy atom. The predicted molar refractivity (Wildman–Crippen MR) is 88.3 cm³/mol. The Morgan fingerprint density at radius 2 is 2.17 bits per heavy atom. The Kier molecular flexibility index (Phi) is 4.39. The molecule has 0 spiro atoms. The molecule has 2 heterocycles. The van der Waals surface area contributed by atoms with Crippen molar-refractivity contribution in [1.29, 1.82) is 0 Å². The second-order valence-electron chi connectivity index (χ2n) is 5.00. The van der Waals surface area contributed by atoms with Crippen LogP contribution >= 0.6 is 15.9 Å². The monoisotopic (exact) mass is 391 g/mol. The van der Waals surface area contributed by atoms with Crippen molar-refractivity contribution >= 4 is 32.8 Å². The molecule has 0 unspecified atom stereocenters. The highest BCUT2D eigenvalue weighted by molar-refractivity contribution is 9.10. The van der Waals surface area contributed by atoms with E-state index in [1.54, 1.807) is 24.3 Å². The molecule has 0 bridgehead atoms. The van der Waals surface area contributed by atoms with E-state index >= 15 is 0 Å². The summed E-state index contributed by atoms with van der Waals surface area (Å²) in [5.41, 5.74) is 0.0198. The third-order valence-electron chi connectivity index (χ3n) is 3.26. The average molecular weight is 392 g/mol. The number of hydrogen-bond donors (Lipinski definition) is 0. The average Bonchev–Trinajstić information content (AvgIpc) is 2.54. The Labute approximate surface area is 144 Å². The fourth-order valence-electron chi connectivity index (χ4n) is 2.21. The molecule has 2 aromatic heterocycles. The summed E-state index contributed by atoms with van der Waals surface area (Å²) in [7, 11) is 0. The first-order valence-electron chi connectivity index (χ1n) is 6.94. The van der Waals surface area contributed by atoms with Crippen molar-refractivity contribution in [3.05, 3.63) is 62.7 Å². The first kappa shape index (κ1) is 16.3. The third kappa shape index (κ3) is 3.18. The van der Waals surface area contributed by atoms with Gasteiger partial charge in [-0.3, -0.25) is 14.6 Å². The third-order valence-corrected chi connectivity index (χ3v) is 3.76. The van der Waals surface area contributed by atoms with Gasteiger partial charge in [-0.05, 0) is 24.3 Å². The van der Waals surface area contributed by atoms with E-state index in [1.165, 1.54) is 19.2 Å². The van der Waals surface area contributed by atoms with Crippen molar-refractivity contribution in [2.24, 2.45) is 0 Å². The van der Waals surface area contributed by atoms with Crippen LogP contribution in [0.2, 0.25) is 0 Å². The second-order valence-corrected chi connectivity index (χ2v) is 5.91. The Morgan fingerprint density at radius 1 is 1.38 bits per heavy atom. The highest BCUT2D eigenvalue weighted by atomic mass is 79.9. The lowest BCUT2D eigenvalue weighted by atomic mass is 10.2. The summed E-state index contributed by atoms with van der Waals surface area (Å²) in [6.45, 7) is 1.12. The van der Waals surface area contributed by atoms with Gasteiger partial charge >= 0.3 is 5.97 Å². The molecule has 0 aliphatic carbocycles. The van der Waals surface area contributed by atoms with Crippen LogP contribution in [0.1, 0.15) is 12.5 Å². The summed E-state index contributed by atoms with van der Waals surface area (Å²) < 4.78 is 20.7. The topological polar surface area (TPSA) is 74.1 Å². The number of pyridine rings is 1. The van der Waals surface area contributed by atoms with Gasteiger partial charge in [0.15, 0.2) is 0 Å². The van der Waals surface area contributed by atoms with Gasteiger partial charge in [0.05, 0.1) is 11.9 Å². The van der Waals surface area contributed by atoms with Crippen molar-refractivity contribution in [2.45, 2.75) is 13.5 Å². The Hall–Kier alpha value is -2.61. The quantitative estimate of drug-likeness (QED) is 0.641. The standard InChI is InChI=1S/C16H11BrFN3O3/c1-9(22)24-15-14-12(3-2-6-19-14)16(23)21(20-15)8-10-4-5-11(17)7-13(10)18/h2-7H,8H2,1H3. The molecule has 0 saturated carbocycles. The van der Waals surface area contributed by atoms with E-state index in [-0.39, 0.29) is 28.9 Å². The lowest BCUT2D eigenvalue weighted by Crippen LogP contribution is -2.25. The van der Waals surface area contributed by atoms with Gasteiger partial charge in [0.1, 0.15) is 11.3 Å². The predicted octanol–water partition coefficient (Wildman–Crippen LogP) is 2.67. The highest BCUT2D eigenvalue weighted by Gasteiger charge is 2.15. The van der Waals surface area contributed by atoms with Gasteiger partial charge in [0.25, 0.3) is 11.4 Å². The van der Waals surface area contributed by atoms with Gasteiger partial charge in [-0.1, -0.05) is 22.0 Å². The summed E-state index contributed by atoms with van der Waals surface area (Å²) in [5, 5.41) is 4.26. The first-order valence-corrected chi connectivity index (χ1v) is 7.73. The van der Waals surface area contributed by atoms with Crippen LogP contribution in [0, 0.1) is 5.82 Å². The van der Waals surface area contributed by atoms with Gasteiger partial charge in [-0.2, -0.15) is 0 Å². The number of ether oxygens (including phenoxy) is 1. The molecule has 0 aliphatic rings. The van der Waals surface area contributed by atoms with Gasteiger partial charge in [0, 0.05) is 23.2 Å². The molecule has 1 aromatic carbocycles. The summed E-state index contributed by atoms with van der Waals surface area (Å²) in [5.74, 6) is -1.15. The molecule has 0 amide bonds. The zero-order chi connectivity index (χ0) is 17.3. The van der Waals surface area contributed by atoms with Crippen molar-refractivity contribution in [3.63, 3.8) is 0 Å². The highest BCUT2D eigenvalue weighted by Crippen LogP contribution is 2.19. The molecule has 0 radical (unpaired) electrons. The number of rotatable bonds is 3. The SMILES string of the molecule is CC(=O)Oc1nn(Cc2ccc(Br)cc2F)c(=O)c2cccnc12. The number of benzene rings is 1. The molecule has 0 atom stereocenters. The minimum Gasteiger partial charge on any atom is -0.404 e. The van der Waals surface area contributed by atoms with Gasteiger partial charge < -0.3 is 4.74 Å². The molecule has 6 nitrogen and oxygen atoms in total. The molecular weight excluding hydrogens is 381 g/mol. The Balaban J connectivity index is 2.15. The lowest BCUT2D eigenvalue weighted by molar-refractivity contribution is -0.132. The van der Waals surface area contributed by atoms with Crippen LogP contribution in [0.15, 0.2) is 45.8 Å². The van der Waals surface area contributed by atoms with Gasteiger partial charge in [-0.15, -0.1) is 5.10 Å². The van der Waals surface area contributed by atoms with E-state index < -0.39 is 17.3 Å². The molecule has 0 aliphatic heterocycles. The largest absolute Gasteiger partial charge is 0.404 e. The van der Waals surface area contributed by atoms with E-state index in [2.05, 4.69) is 26.0 Å². The molecule has 8 heteroatoms. The number of esters is 1. The second kappa shape index (κ2) is 6.48. The van der Waals surface area contributed by atoms with Gasteiger partial charge in [0.2, 0.25) is 0 Å². The van der Waals surface area contributed by atoms with E-state index in [0.29, 0.717) is 4.47 Å². The molecule has 0 N–H and O–H groups in total. The number of halogens is 2. The van der Waals surface area contributed by atoms with Crippen LogP contribution in [0.3, 0.4) is 0 Å². The zero-order valence-electron chi connectivity index (χ0n) is 12.5. The van der Waals surface area contributed by atoms with Crippen molar-refractivity contribution < 1.29 is 13.9 Å². The fraction of sp³-hybridized carbons (Fsp3) is 0.125. The number of aromatic nitrogens is 3. The van der Waals surface area contributed by atoms with Crippen LogP contribution < -0.4 is 10.3 Å². The molecule has 0 fully saturated rings. The van der Waals surface area contributed by atoms with Crippen LogP contribution in [-0.4, -0.2) is 20.7 Å². The number of nitrogens with zero attached hydrogens (tertiary/aromatic N) is 3. The molecule has 122 valence electrons. The summed E-state index contributed by atoms with van der Waals surface area (Å²) in [6.07, 6.45) is 1.47. The maximum atomic E-state index is 14.0. The van der Waals surface area contributed by atoms with E-state index in [1.807, 2.05) is 0 Å². The lowest BCUT2D eigenvalue weighted by Gasteiger charge is -2.10. The number of hydrogen-bond acceptors (Lipinski definition) is 5. The summed E-state index contributed by atoms with van der Waals surface area (Å²) >= 11 is 3.18. The molecule has 3 aromatic rings. The van der Waals surface area contributed by atoms with E-state index in [9.17, 15) is 14.0 Å². The van der Waals surface area contributed by atoms with Crippen LogP contribution in [-0.2, 0) is 11.3 Å². The molecule has 0 saturated heterocycles. The van der Waals surface area contributed by atoms with Gasteiger partial charge in [-0.25, -0.2) is 9.07 Å². The van der Waals surface area contributed by atoms with E-state index in [0.717, 1.165) is 4.68 Å². The van der Waals surface area contributed by atoms with Crippen molar-refractivity contribution in [2.75, 3.05) is 0 Å². The maximum absolute atomic E-state index is 14.0. The molecule has 24 heavy (non-hydrogen) atoms. The fourth-order valence-corrected chi connectivity index (χ4v) is 2.55. The van der Waals surface area contributed by atoms with Crippen LogP contribution in [0.5, 0.6) is 5.88 Å². The first-order chi connectivity index (χ1) is 11.5. The smallest absolute Gasteiger partial charge is 0.309 e. The maximum Gasteiger partial charge on any atom is 0.309 e.